The molecule has 2 saturated heterocycles. The Labute approximate surface area is 147 Å². The third kappa shape index (κ3) is 3.40. The molecule has 4 heterocycles. The van der Waals surface area contributed by atoms with E-state index in [-0.39, 0.29) is 5.91 Å². The van der Waals surface area contributed by atoms with Gasteiger partial charge in [-0.1, -0.05) is 6.07 Å². The van der Waals surface area contributed by atoms with E-state index in [1.165, 1.54) is 0 Å². The Bertz CT molecular complexity index is 706. The van der Waals surface area contributed by atoms with Gasteiger partial charge in [0, 0.05) is 57.9 Å². The molecule has 0 N–H and O–H groups in total. The van der Waals surface area contributed by atoms with E-state index in [1.54, 1.807) is 12.4 Å². The minimum atomic E-state index is 0.0454. The van der Waals surface area contributed by atoms with Gasteiger partial charge in [0.1, 0.15) is 5.82 Å². The van der Waals surface area contributed by atoms with Crippen molar-refractivity contribution < 1.29 is 4.79 Å². The van der Waals surface area contributed by atoms with Crippen molar-refractivity contribution in [3.05, 3.63) is 42.4 Å². The fourth-order valence-corrected chi connectivity index (χ4v) is 3.37. The largest absolute Gasteiger partial charge is 0.353 e. The summed E-state index contributed by atoms with van der Waals surface area (Å²) in [6.07, 6.45) is 7.32. The molecule has 0 radical (unpaired) electrons. The smallest absolute Gasteiger partial charge is 0.256 e. The summed E-state index contributed by atoms with van der Waals surface area (Å²) in [5.41, 5.74) is 0.581. The quantitative estimate of drug-likeness (QED) is 0.844. The zero-order valence-electron chi connectivity index (χ0n) is 14.2. The van der Waals surface area contributed by atoms with Crippen LogP contribution in [0.3, 0.4) is 0 Å². The fraction of sp³-hybridized carbons (Fsp3) is 0.444. The molecular weight excluding hydrogens is 316 g/mol. The molecule has 2 aliphatic heterocycles. The number of aromatic nitrogens is 3. The van der Waals surface area contributed by atoms with E-state index in [4.69, 9.17) is 0 Å². The standard InChI is InChI=1S/C18H22N6O/c25-17(23-7-3-4-8-23)15-13-20-18(21-14-15)24-11-9-22(10-12-24)16-5-1-2-6-19-16/h1-2,5-6,13-14H,3-4,7-12H2. The van der Waals surface area contributed by atoms with Crippen molar-refractivity contribution in [3.8, 4) is 0 Å². The molecule has 25 heavy (non-hydrogen) atoms. The predicted octanol–water partition coefficient (Wildman–Crippen LogP) is 1.43. The number of nitrogens with zero attached hydrogens (tertiary/aromatic N) is 6. The lowest BCUT2D eigenvalue weighted by Gasteiger charge is -2.35. The van der Waals surface area contributed by atoms with Gasteiger partial charge >= 0.3 is 0 Å². The van der Waals surface area contributed by atoms with E-state index in [0.29, 0.717) is 11.5 Å². The molecule has 2 aliphatic rings. The Kier molecular flexibility index (Phi) is 4.45. The molecule has 0 spiro atoms. The van der Waals surface area contributed by atoms with Gasteiger partial charge in [-0.25, -0.2) is 15.0 Å². The molecule has 2 fully saturated rings. The van der Waals surface area contributed by atoms with E-state index < -0.39 is 0 Å². The van der Waals surface area contributed by atoms with E-state index in [0.717, 1.165) is 57.9 Å². The zero-order chi connectivity index (χ0) is 17.1. The van der Waals surface area contributed by atoms with Crippen LogP contribution in [0.25, 0.3) is 0 Å². The molecule has 0 unspecified atom stereocenters. The highest BCUT2D eigenvalue weighted by atomic mass is 16.2. The van der Waals surface area contributed by atoms with Crippen LogP contribution in [-0.2, 0) is 0 Å². The highest BCUT2D eigenvalue weighted by Crippen LogP contribution is 2.17. The minimum absolute atomic E-state index is 0.0454. The van der Waals surface area contributed by atoms with Crippen molar-refractivity contribution in [2.24, 2.45) is 0 Å². The van der Waals surface area contributed by atoms with Crippen LogP contribution in [0.2, 0.25) is 0 Å². The first-order valence-corrected chi connectivity index (χ1v) is 8.83. The number of carbonyl (C=O) groups is 1. The van der Waals surface area contributed by atoms with Crippen molar-refractivity contribution in [2.45, 2.75) is 12.8 Å². The molecule has 0 saturated carbocycles. The van der Waals surface area contributed by atoms with Crippen molar-refractivity contribution >= 4 is 17.7 Å². The average molecular weight is 338 g/mol. The summed E-state index contributed by atoms with van der Waals surface area (Å²) in [5, 5.41) is 0. The zero-order valence-corrected chi connectivity index (χ0v) is 14.2. The van der Waals surface area contributed by atoms with Crippen LogP contribution < -0.4 is 9.80 Å². The van der Waals surface area contributed by atoms with Gasteiger partial charge < -0.3 is 14.7 Å². The van der Waals surface area contributed by atoms with E-state index in [9.17, 15) is 4.79 Å². The average Bonchev–Trinajstić information content (AvgIpc) is 3.23. The molecule has 0 atom stereocenters. The van der Waals surface area contributed by atoms with Crippen molar-refractivity contribution in [1.82, 2.24) is 19.9 Å². The van der Waals surface area contributed by atoms with Crippen LogP contribution in [0, 0.1) is 0 Å². The van der Waals surface area contributed by atoms with Crippen LogP contribution in [-0.4, -0.2) is 65.0 Å². The summed E-state index contributed by atoms with van der Waals surface area (Å²) >= 11 is 0. The Hall–Kier alpha value is -2.70. The molecule has 0 aromatic carbocycles. The van der Waals surface area contributed by atoms with Gasteiger partial charge in [-0.05, 0) is 25.0 Å². The second-order valence-electron chi connectivity index (χ2n) is 6.43. The summed E-state index contributed by atoms with van der Waals surface area (Å²) in [5.74, 6) is 1.75. The normalized spacial score (nSPS) is 17.8. The lowest BCUT2D eigenvalue weighted by atomic mass is 10.3. The Balaban J connectivity index is 1.37. The summed E-state index contributed by atoms with van der Waals surface area (Å²) in [4.78, 5) is 31.9. The highest BCUT2D eigenvalue weighted by molar-refractivity contribution is 5.93. The van der Waals surface area contributed by atoms with Gasteiger partial charge in [-0.15, -0.1) is 0 Å². The summed E-state index contributed by atoms with van der Waals surface area (Å²) in [7, 11) is 0. The van der Waals surface area contributed by atoms with Crippen molar-refractivity contribution in [2.75, 3.05) is 49.1 Å². The molecule has 0 bridgehead atoms. The van der Waals surface area contributed by atoms with E-state index in [2.05, 4.69) is 24.8 Å². The number of hydrogen-bond donors (Lipinski definition) is 0. The number of rotatable bonds is 3. The molecule has 0 aliphatic carbocycles. The number of hydrogen-bond acceptors (Lipinski definition) is 6. The van der Waals surface area contributed by atoms with Crippen LogP contribution in [0.15, 0.2) is 36.8 Å². The number of piperazine rings is 1. The van der Waals surface area contributed by atoms with Gasteiger partial charge in [0.25, 0.3) is 5.91 Å². The number of pyridine rings is 1. The van der Waals surface area contributed by atoms with Gasteiger partial charge in [-0.3, -0.25) is 4.79 Å². The Morgan fingerprint density at radius 2 is 1.52 bits per heavy atom. The third-order valence-corrected chi connectivity index (χ3v) is 4.81. The molecule has 7 nitrogen and oxygen atoms in total. The Morgan fingerprint density at radius 3 is 2.16 bits per heavy atom. The SMILES string of the molecule is O=C(c1cnc(N2CCN(c3ccccn3)CC2)nc1)N1CCCC1. The summed E-state index contributed by atoms with van der Waals surface area (Å²) < 4.78 is 0. The number of likely N-dealkylation sites (tertiary alicyclic amines) is 1. The first-order valence-electron chi connectivity index (χ1n) is 8.83. The first kappa shape index (κ1) is 15.8. The van der Waals surface area contributed by atoms with Crippen LogP contribution in [0.4, 0.5) is 11.8 Å². The van der Waals surface area contributed by atoms with Crippen molar-refractivity contribution in [3.63, 3.8) is 0 Å². The maximum Gasteiger partial charge on any atom is 0.256 e. The van der Waals surface area contributed by atoms with Crippen molar-refractivity contribution in [1.29, 1.82) is 0 Å². The second kappa shape index (κ2) is 7.04. The lowest BCUT2D eigenvalue weighted by Crippen LogP contribution is -2.47. The third-order valence-electron chi connectivity index (χ3n) is 4.81. The van der Waals surface area contributed by atoms with Crippen LogP contribution >= 0.6 is 0 Å². The van der Waals surface area contributed by atoms with Crippen LogP contribution in [0.1, 0.15) is 23.2 Å². The summed E-state index contributed by atoms with van der Waals surface area (Å²) in [6.45, 7) is 5.14. The first-order chi connectivity index (χ1) is 12.3. The van der Waals surface area contributed by atoms with Gasteiger partial charge in [0.05, 0.1) is 5.56 Å². The van der Waals surface area contributed by atoms with Gasteiger partial charge in [0.2, 0.25) is 5.95 Å². The maximum atomic E-state index is 12.4. The number of carbonyl (C=O) groups excluding carboxylic acids is 1. The van der Waals surface area contributed by atoms with E-state index in [1.807, 2.05) is 29.3 Å². The topological polar surface area (TPSA) is 65.5 Å². The molecule has 7 heteroatoms. The maximum absolute atomic E-state index is 12.4. The highest BCUT2D eigenvalue weighted by Gasteiger charge is 2.22. The summed E-state index contributed by atoms with van der Waals surface area (Å²) in [6, 6.07) is 5.97. The molecule has 4 rings (SSSR count). The minimum Gasteiger partial charge on any atom is -0.353 e. The molecule has 1 amide bonds. The number of anilines is 2. The van der Waals surface area contributed by atoms with Gasteiger partial charge in [-0.2, -0.15) is 0 Å². The Morgan fingerprint density at radius 1 is 0.840 bits per heavy atom. The second-order valence-corrected chi connectivity index (χ2v) is 6.43. The van der Waals surface area contributed by atoms with E-state index >= 15 is 0 Å². The fourth-order valence-electron chi connectivity index (χ4n) is 3.37. The monoisotopic (exact) mass is 338 g/mol. The molecular formula is C18H22N6O. The number of amides is 1. The lowest BCUT2D eigenvalue weighted by molar-refractivity contribution is 0.0792. The van der Waals surface area contributed by atoms with Gasteiger partial charge in [0.15, 0.2) is 0 Å². The predicted molar refractivity (Wildman–Crippen MR) is 95.8 cm³/mol. The molecule has 2 aromatic heterocycles. The molecule has 130 valence electrons. The van der Waals surface area contributed by atoms with Crippen LogP contribution in [0.5, 0.6) is 0 Å². The molecule has 2 aromatic rings.